The van der Waals surface area contributed by atoms with Gasteiger partial charge in [-0.1, -0.05) is 12.1 Å². The highest BCUT2D eigenvalue weighted by atomic mass is 16.2. The summed E-state index contributed by atoms with van der Waals surface area (Å²) in [5.41, 5.74) is 3.34. The number of rotatable bonds is 1. The molecule has 84 valence electrons. The van der Waals surface area contributed by atoms with Crippen molar-refractivity contribution >= 4 is 17.4 Å². The number of nitrogens with zero attached hydrogens (tertiary/aromatic N) is 1. The van der Waals surface area contributed by atoms with Gasteiger partial charge in [0.15, 0.2) is 0 Å². The number of hydrogen-bond acceptors (Lipinski definition) is 2. The molecule has 2 heterocycles. The lowest BCUT2D eigenvalue weighted by molar-refractivity contribution is 0.251. The molecule has 1 aromatic rings. The second kappa shape index (κ2) is 3.70. The Bertz CT molecular complexity index is 424. The van der Waals surface area contributed by atoms with Crippen molar-refractivity contribution in [1.29, 1.82) is 0 Å². The summed E-state index contributed by atoms with van der Waals surface area (Å²) < 4.78 is 0. The van der Waals surface area contributed by atoms with E-state index in [1.165, 1.54) is 24.1 Å². The van der Waals surface area contributed by atoms with Gasteiger partial charge in [-0.05, 0) is 24.5 Å². The molecule has 16 heavy (non-hydrogen) atoms. The van der Waals surface area contributed by atoms with Crippen LogP contribution in [0.5, 0.6) is 0 Å². The summed E-state index contributed by atoms with van der Waals surface area (Å²) in [5, 5.41) is 5.70. The van der Waals surface area contributed by atoms with Crippen LogP contribution in [0.2, 0.25) is 0 Å². The van der Waals surface area contributed by atoms with Crippen molar-refractivity contribution in [3.63, 3.8) is 0 Å². The SMILES string of the molecule is O=C1NCc2cccc(N3CCCC3)c2N1. The zero-order valence-electron chi connectivity index (χ0n) is 9.12. The number of benzene rings is 1. The maximum atomic E-state index is 11.4. The molecule has 0 unspecified atom stereocenters. The van der Waals surface area contributed by atoms with Crippen molar-refractivity contribution in [1.82, 2.24) is 5.32 Å². The number of carbonyl (C=O) groups is 1. The van der Waals surface area contributed by atoms with Gasteiger partial charge in [-0.2, -0.15) is 0 Å². The molecule has 1 fully saturated rings. The van der Waals surface area contributed by atoms with E-state index in [9.17, 15) is 4.79 Å². The Balaban J connectivity index is 2.01. The fourth-order valence-corrected chi connectivity index (χ4v) is 2.43. The number of hydrogen-bond donors (Lipinski definition) is 2. The monoisotopic (exact) mass is 217 g/mol. The highest BCUT2D eigenvalue weighted by Gasteiger charge is 2.21. The summed E-state index contributed by atoms with van der Waals surface area (Å²) in [6.45, 7) is 2.82. The van der Waals surface area contributed by atoms with E-state index in [1.807, 2.05) is 0 Å². The lowest BCUT2D eigenvalue weighted by atomic mass is 10.1. The van der Waals surface area contributed by atoms with Gasteiger partial charge in [-0.3, -0.25) is 0 Å². The molecule has 4 heteroatoms. The highest BCUT2D eigenvalue weighted by molar-refractivity contribution is 5.96. The van der Waals surface area contributed by atoms with E-state index in [1.54, 1.807) is 0 Å². The van der Waals surface area contributed by atoms with Crippen molar-refractivity contribution < 1.29 is 4.79 Å². The number of urea groups is 1. The lowest BCUT2D eigenvalue weighted by Gasteiger charge is -2.26. The first kappa shape index (κ1) is 9.51. The second-order valence-corrected chi connectivity index (χ2v) is 4.31. The molecular formula is C12H15N3O. The van der Waals surface area contributed by atoms with Crippen molar-refractivity contribution in [3.8, 4) is 0 Å². The van der Waals surface area contributed by atoms with Crippen molar-refractivity contribution in [2.24, 2.45) is 0 Å². The number of carbonyl (C=O) groups excluding carboxylic acids is 1. The van der Waals surface area contributed by atoms with Crippen molar-refractivity contribution in [3.05, 3.63) is 23.8 Å². The maximum Gasteiger partial charge on any atom is 0.319 e. The molecule has 0 aliphatic carbocycles. The van der Waals surface area contributed by atoms with E-state index in [2.05, 4.69) is 33.7 Å². The second-order valence-electron chi connectivity index (χ2n) is 4.31. The van der Waals surface area contributed by atoms with Crippen LogP contribution in [0.4, 0.5) is 16.2 Å². The maximum absolute atomic E-state index is 11.4. The standard InChI is InChI=1S/C12H15N3O/c16-12-13-8-9-4-3-5-10(11(9)14-12)15-6-1-2-7-15/h3-5H,1-2,6-8H2,(H2,13,14,16). The molecule has 0 radical (unpaired) electrons. The van der Waals surface area contributed by atoms with Crippen LogP contribution in [0.25, 0.3) is 0 Å². The molecule has 4 nitrogen and oxygen atoms in total. The van der Waals surface area contributed by atoms with Crippen LogP contribution < -0.4 is 15.5 Å². The molecular weight excluding hydrogens is 202 g/mol. The topological polar surface area (TPSA) is 44.4 Å². The van der Waals surface area contributed by atoms with Gasteiger partial charge < -0.3 is 15.5 Å². The predicted molar refractivity (Wildman–Crippen MR) is 63.7 cm³/mol. The zero-order chi connectivity index (χ0) is 11.0. The van der Waals surface area contributed by atoms with E-state index < -0.39 is 0 Å². The van der Waals surface area contributed by atoms with Crippen LogP contribution in [0.15, 0.2) is 18.2 Å². The highest BCUT2D eigenvalue weighted by Crippen LogP contribution is 2.33. The third-order valence-electron chi connectivity index (χ3n) is 3.25. The third kappa shape index (κ3) is 1.50. The van der Waals surface area contributed by atoms with Crippen LogP contribution in [0.1, 0.15) is 18.4 Å². The van der Waals surface area contributed by atoms with Gasteiger partial charge in [-0.25, -0.2) is 4.79 Å². The minimum absolute atomic E-state index is 0.0980. The minimum atomic E-state index is -0.0980. The minimum Gasteiger partial charge on any atom is -0.370 e. The molecule has 2 aliphatic heterocycles. The molecule has 2 N–H and O–H groups in total. The summed E-state index contributed by atoms with van der Waals surface area (Å²) >= 11 is 0. The molecule has 2 aliphatic rings. The van der Waals surface area contributed by atoms with Crippen LogP contribution in [-0.2, 0) is 6.54 Å². The summed E-state index contributed by atoms with van der Waals surface area (Å²) in [6.07, 6.45) is 2.49. The Morgan fingerprint density at radius 3 is 2.81 bits per heavy atom. The van der Waals surface area contributed by atoms with E-state index in [0.717, 1.165) is 18.8 Å². The van der Waals surface area contributed by atoms with Gasteiger partial charge in [0.25, 0.3) is 0 Å². The molecule has 0 saturated carbocycles. The van der Waals surface area contributed by atoms with E-state index in [4.69, 9.17) is 0 Å². The average Bonchev–Trinajstić information content (AvgIpc) is 2.81. The first-order chi connectivity index (χ1) is 7.84. The largest absolute Gasteiger partial charge is 0.370 e. The van der Waals surface area contributed by atoms with Gasteiger partial charge in [0, 0.05) is 19.6 Å². The fourth-order valence-electron chi connectivity index (χ4n) is 2.43. The molecule has 0 atom stereocenters. The van der Waals surface area contributed by atoms with Crippen molar-refractivity contribution in [2.75, 3.05) is 23.3 Å². The number of fused-ring (bicyclic) bond motifs is 1. The van der Waals surface area contributed by atoms with Gasteiger partial charge in [0.05, 0.1) is 11.4 Å². The van der Waals surface area contributed by atoms with E-state index in [0.29, 0.717) is 6.54 Å². The molecule has 1 aromatic carbocycles. The van der Waals surface area contributed by atoms with Crippen LogP contribution >= 0.6 is 0 Å². The molecule has 2 amide bonds. The zero-order valence-corrected chi connectivity index (χ0v) is 9.12. The Kier molecular flexibility index (Phi) is 2.20. The van der Waals surface area contributed by atoms with E-state index >= 15 is 0 Å². The first-order valence-electron chi connectivity index (χ1n) is 5.76. The summed E-state index contributed by atoms with van der Waals surface area (Å²) in [4.78, 5) is 13.7. The number of para-hydroxylation sites is 1. The lowest BCUT2D eigenvalue weighted by Crippen LogP contribution is -2.34. The summed E-state index contributed by atoms with van der Waals surface area (Å²) in [5.74, 6) is 0. The average molecular weight is 217 g/mol. The van der Waals surface area contributed by atoms with Crippen LogP contribution in [-0.4, -0.2) is 19.1 Å². The quantitative estimate of drug-likeness (QED) is 0.754. The fraction of sp³-hybridized carbons (Fsp3) is 0.417. The van der Waals surface area contributed by atoms with Crippen LogP contribution in [0, 0.1) is 0 Å². The summed E-state index contributed by atoms with van der Waals surface area (Å²) in [7, 11) is 0. The molecule has 3 rings (SSSR count). The molecule has 0 aromatic heterocycles. The number of amides is 2. The number of nitrogens with one attached hydrogen (secondary N) is 2. The molecule has 1 saturated heterocycles. The van der Waals surface area contributed by atoms with Gasteiger partial charge in [-0.15, -0.1) is 0 Å². The van der Waals surface area contributed by atoms with Gasteiger partial charge >= 0.3 is 6.03 Å². The Hall–Kier alpha value is -1.71. The Morgan fingerprint density at radius 1 is 1.19 bits per heavy atom. The predicted octanol–water partition coefficient (Wildman–Crippen LogP) is 1.92. The summed E-state index contributed by atoms with van der Waals surface area (Å²) in [6, 6.07) is 6.11. The third-order valence-corrected chi connectivity index (χ3v) is 3.25. The van der Waals surface area contributed by atoms with E-state index in [-0.39, 0.29) is 6.03 Å². The normalized spacial score (nSPS) is 19.0. The van der Waals surface area contributed by atoms with Gasteiger partial charge in [0.1, 0.15) is 0 Å². The molecule has 0 bridgehead atoms. The molecule has 0 spiro atoms. The Morgan fingerprint density at radius 2 is 2.00 bits per heavy atom. The smallest absolute Gasteiger partial charge is 0.319 e. The van der Waals surface area contributed by atoms with Crippen LogP contribution in [0.3, 0.4) is 0 Å². The van der Waals surface area contributed by atoms with Crippen molar-refractivity contribution in [2.45, 2.75) is 19.4 Å². The number of anilines is 2. The Labute approximate surface area is 94.6 Å². The first-order valence-corrected chi connectivity index (χ1v) is 5.76. The van der Waals surface area contributed by atoms with Gasteiger partial charge in [0.2, 0.25) is 0 Å².